The highest BCUT2D eigenvalue weighted by molar-refractivity contribution is 6.35. The number of anilines is 1. The molecule has 1 N–H and O–H groups in total. The number of para-hydroxylation sites is 1. The summed E-state index contributed by atoms with van der Waals surface area (Å²) in [4.78, 5) is 8.42. The number of quaternary nitrogens is 1. The molecule has 1 aromatic heterocycles. The zero-order valence-electron chi connectivity index (χ0n) is 14.9. The van der Waals surface area contributed by atoms with Crippen LogP contribution in [0.25, 0.3) is 0 Å². The maximum Gasteiger partial charge on any atom is 0.281 e. The summed E-state index contributed by atoms with van der Waals surface area (Å²) in [5, 5.41) is 5.34. The maximum absolute atomic E-state index is 6.23. The van der Waals surface area contributed by atoms with Crippen LogP contribution in [0.1, 0.15) is 17.3 Å². The highest BCUT2D eigenvalue weighted by atomic mass is 35.5. The molecule has 5 nitrogen and oxygen atoms in total. The van der Waals surface area contributed by atoms with E-state index in [-0.39, 0.29) is 0 Å². The summed E-state index contributed by atoms with van der Waals surface area (Å²) in [7, 11) is 0. The Morgan fingerprint density at radius 1 is 1.04 bits per heavy atom. The Kier molecular flexibility index (Phi) is 5.62. The summed E-state index contributed by atoms with van der Waals surface area (Å²) in [6.07, 6.45) is 0.538. The van der Waals surface area contributed by atoms with Crippen molar-refractivity contribution in [2.45, 2.75) is 13.0 Å². The molecule has 0 radical (unpaired) electrons. The van der Waals surface area contributed by atoms with Gasteiger partial charge in [-0.05, 0) is 29.8 Å². The van der Waals surface area contributed by atoms with Gasteiger partial charge in [-0.1, -0.05) is 52.6 Å². The topological polar surface area (TPSA) is 46.6 Å². The van der Waals surface area contributed by atoms with E-state index in [0.29, 0.717) is 28.2 Å². The highest BCUT2D eigenvalue weighted by Gasteiger charge is 2.22. The molecule has 3 aromatic rings. The Morgan fingerprint density at radius 3 is 2.56 bits per heavy atom. The SMILES string of the molecule is Clc1ccc(Cc2noc(C[NH+]3CCN(c4ccccc4)CC3)n2)c(Cl)c1. The first-order valence-electron chi connectivity index (χ1n) is 9.06. The van der Waals surface area contributed by atoms with Crippen LogP contribution in [0.15, 0.2) is 53.1 Å². The van der Waals surface area contributed by atoms with Crippen LogP contribution in [-0.4, -0.2) is 36.3 Å². The minimum atomic E-state index is 0.538. The first-order valence-corrected chi connectivity index (χ1v) is 9.82. The molecule has 0 amide bonds. The van der Waals surface area contributed by atoms with E-state index in [4.69, 9.17) is 27.7 Å². The Balaban J connectivity index is 1.32. The van der Waals surface area contributed by atoms with E-state index in [1.54, 1.807) is 6.07 Å². The summed E-state index contributed by atoms with van der Waals surface area (Å²) in [6, 6.07) is 16.0. The Morgan fingerprint density at radius 2 is 1.81 bits per heavy atom. The second-order valence-corrected chi connectivity index (χ2v) is 7.61. The van der Waals surface area contributed by atoms with E-state index in [2.05, 4.69) is 45.4 Å². The number of benzene rings is 2. The van der Waals surface area contributed by atoms with E-state index < -0.39 is 0 Å². The van der Waals surface area contributed by atoms with E-state index in [9.17, 15) is 0 Å². The minimum Gasteiger partial charge on any atom is -0.360 e. The van der Waals surface area contributed by atoms with Gasteiger partial charge in [0.15, 0.2) is 12.4 Å². The van der Waals surface area contributed by atoms with Crippen LogP contribution in [0.4, 0.5) is 5.69 Å². The van der Waals surface area contributed by atoms with Gasteiger partial charge in [0.05, 0.1) is 26.2 Å². The van der Waals surface area contributed by atoms with Crippen molar-refractivity contribution in [3.05, 3.63) is 75.9 Å². The third-order valence-electron chi connectivity index (χ3n) is 4.87. The van der Waals surface area contributed by atoms with Crippen molar-refractivity contribution in [2.24, 2.45) is 0 Å². The molecular formula is C20H21Cl2N4O+. The van der Waals surface area contributed by atoms with Crippen LogP contribution < -0.4 is 9.80 Å². The fourth-order valence-electron chi connectivity index (χ4n) is 3.38. The lowest BCUT2D eigenvalue weighted by Gasteiger charge is -2.33. The van der Waals surface area contributed by atoms with Crippen molar-refractivity contribution < 1.29 is 9.42 Å². The average molecular weight is 404 g/mol. The summed E-state index contributed by atoms with van der Waals surface area (Å²) in [5.74, 6) is 1.33. The molecule has 27 heavy (non-hydrogen) atoms. The van der Waals surface area contributed by atoms with E-state index in [1.165, 1.54) is 10.6 Å². The molecule has 0 aliphatic carbocycles. The van der Waals surface area contributed by atoms with Gasteiger partial charge in [-0.2, -0.15) is 4.98 Å². The Hall–Kier alpha value is -2.08. The van der Waals surface area contributed by atoms with E-state index >= 15 is 0 Å². The molecule has 1 fully saturated rings. The minimum absolute atomic E-state index is 0.538. The van der Waals surface area contributed by atoms with Crippen molar-refractivity contribution in [1.29, 1.82) is 0 Å². The zero-order valence-corrected chi connectivity index (χ0v) is 16.4. The van der Waals surface area contributed by atoms with Gasteiger partial charge in [-0.25, -0.2) is 0 Å². The van der Waals surface area contributed by atoms with Crippen molar-refractivity contribution in [2.75, 3.05) is 31.1 Å². The number of nitrogens with zero attached hydrogens (tertiary/aromatic N) is 3. The standard InChI is InChI=1S/C20H20Cl2N4O/c21-16-7-6-15(18(22)13-16)12-19-23-20(27-24-19)14-25-8-10-26(11-9-25)17-4-2-1-3-5-17/h1-7,13H,8-12,14H2/p+1. The van der Waals surface area contributed by atoms with Gasteiger partial charge in [0.2, 0.25) is 0 Å². The zero-order chi connectivity index (χ0) is 18.6. The predicted octanol–water partition coefficient (Wildman–Crippen LogP) is 2.87. The van der Waals surface area contributed by atoms with Gasteiger partial charge in [0, 0.05) is 22.2 Å². The van der Waals surface area contributed by atoms with Crippen molar-refractivity contribution in [1.82, 2.24) is 10.1 Å². The number of hydrogen-bond acceptors (Lipinski definition) is 4. The number of hydrogen-bond donors (Lipinski definition) is 1. The van der Waals surface area contributed by atoms with E-state index in [1.807, 2.05) is 12.1 Å². The summed E-state index contributed by atoms with van der Waals surface area (Å²) in [6.45, 7) is 4.91. The highest BCUT2D eigenvalue weighted by Crippen LogP contribution is 2.22. The quantitative estimate of drug-likeness (QED) is 0.711. The second kappa shape index (κ2) is 8.30. The molecule has 0 atom stereocenters. The Bertz CT molecular complexity index is 892. The van der Waals surface area contributed by atoms with Crippen LogP contribution in [-0.2, 0) is 13.0 Å². The summed E-state index contributed by atoms with van der Waals surface area (Å²) < 4.78 is 5.45. The third kappa shape index (κ3) is 4.61. The molecule has 1 aliphatic heterocycles. The van der Waals surface area contributed by atoms with Crippen molar-refractivity contribution in [3.8, 4) is 0 Å². The maximum atomic E-state index is 6.23. The second-order valence-electron chi connectivity index (χ2n) is 6.77. The largest absolute Gasteiger partial charge is 0.360 e. The van der Waals surface area contributed by atoms with Crippen molar-refractivity contribution in [3.63, 3.8) is 0 Å². The monoisotopic (exact) mass is 403 g/mol. The van der Waals surface area contributed by atoms with E-state index in [0.717, 1.165) is 38.3 Å². The first kappa shape index (κ1) is 18.3. The summed E-state index contributed by atoms with van der Waals surface area (Å²) in [5.41, 5.74) is 2.23. The van der Waals surface area contributed by atoms with Crippen LogP contribution in [0.3, 0.4) is 0 Å². The van der Waals surface area contributed by atoms with Gasteiger partial charge in [0.25, 0.3) is 5.89 Å². The van der Waals surface area contributed by atoms with Gasteiger partial charge in [-0.3, -0.25) is 0 Å². The summed E-state index contributed by atoms with van der Waals surface area (Å²) >= 11 is 12.2. The number of halogens is 2. The fourth-order valence-corrected chi connectivity index (χ4v) is 3.86. The molecule has 2 heterocycles. The third-order valence-corrected chi connectivity index (χ3v) is 5.45. The van der Waals surface area contributed by atoms with Crippen molar-refractivity contribution >= 4 is 28.9 Å². The molecule has 0 spiro atoms. The number of rotatable bonds is 5. The van der Waals surface area contributed by atoms with Gasteiger partial charge < -0.3 is 14.3 Å². The average Bonchev–Trinajstić information content (AvgIpc) is 3.12. The molecule has 4 rings (SSSR count). The molecule has 7 heteroatoms. The molecule has 1 saturated heterocycles. The first-order chi connectivity index (χ1) is 13.2. The smallest absolute Gasteiger partial charge is 0.281 e. The lowest BCUT2D eigenvalue weighted by atomic mass is 10.1. The molecule has 0 bridgehead atoms. The number of piperazine rings is 1. The number of nitrogens with one attached hydrogen (secondary N) is 1. The lowest BCUT2D eigenvalue weighted by molar-refractivity contribution is -0.915. The van der Waals surface area contributed by atoms with Crippen LogP contribution in [0.5, 0.6) is 0 Å². The van der Waals surface area contributed by atoms with Gasteiger partial charge >= 0.3 is 0 Å². The van der Waals surface area contributed by atoms with Crippen LogP contribution in [0.2, 0.25) is 10.0 Å². The molecule has 0 unspecified atom stereocenters. The Labute approximate surface area is 168 Å². The van der Waals surface area contributed by atoms with Gasteiger partial charge in [-0.15, -0.1) is 0 Å². The molecular weight excluding hydrogens is 383 g/mol. The molecule has 0 saturated carbocycles. The lowest BCUT2D eigenvalue weighted by Crippen LogP contribution is -3.13. The number of aromatic nitrogens is 2. The fraction of sp³-hybridized carbons (Fsp3) is 0.300. The van der Waals surface area contributed by atoms with Crippen LogP contribution in [0, 0.1) is 0 Å². The molecule has 1 aliphatic rings. The normalized spacial score (nSPS) is 15.3. The van der Waals surface area contributed by atoms with Crippen LogP contribution >= 0.6 is 23.2 Å². The predicted molar refractivity (Wildman–Crippen MR) is 107 cm³/mol. The molecule has 2 aromatic carbocycles. The molecule has 140 valence electrons. The van der Waals surface area contributed by atoms with Gasteiger partial charge in [0.1, 0.15) is 0 Å².